The first-order chi connectivity index (χ1) is 8.69. The first-order valence-electron chi connectivity index (χ1n) is 5.66. The van der Waals surface area contributed by atoms with E-state index in [4.69, 9.17) is 0 Å². The lowest BCUT2D eigenvalue weighted by molar-refractivity contribution is 0.192. The van der Waals surface area contributed by atoms with Crippen molar-refractivity contribution in [1.82, 2.24) is 9.97 Å². The molecule has 0 saturated carbocycles. The second-order valence-electron chi connectivity index (χ2n) is 3.92. The van der Waals surface area contributed by atoms with Crippen LogP contribution in [0.4, 0.5) is 11.8 Å². The van der Waals surface area contributed by atoms with Gasteiger partial charge in [-0.25, -0.2) is 4.98 Å². The number of aromatic nitrogens is 2. The van der Waals surface area contributed by atoms with E-state index in [1.165, 1.54) is 0 Å². The van der Waals surface area contributed by atoms with Crippen molar-refractivity contribution in [1.29, 1.82) is 0 Å². The maximum absolute atomic E-state index is 9.95. The smallest absolute Gasteiger partial charge is 0.224 e. The van der Waals surface area contributed by atoms with E-state index in [1.807, 2.05) is 29.8 Å². The number of aliphatic hydroxyl groups excluding tert-OH is 1. The third-order valence-electron chi connectivity index (χ3n) is 2.48. The molecule has 18 heavy (non-hydrogen) atoms. The summed E-state index contributed by atoms with van der Waals surface area (Å²) in [6.45, 7) is 2.33. The molecule has 2 aromatic heterocycles. The molecule has 0 aliphatic rings. The zero-order valence-electron chi connectivity index (χ0n) is 10.3. The fourth-order valence-electron chi connectivity index (χ4n) is 1.55. The fourth-order valence-corrected chi connectivity index (χ4v) is 2.26. The Morgan fingerprint density at radius 3 is 2.94 bits per heavy atom. The molecule has 5 nitrogen and oxygen atoms in total. The Morgan fingerprint density at radius 1 is 1.44 bits per heavy atom. The molecule has 0 aliphatic carbocycles. The van der Waals surface area contributed by atoms with E-state index in [0.717, 1.165) is 11.3 Å². The highest BCUT2D eigenvalue weighted by atomic mass is 32.1. The number of aliphatic hydroxyl groups is 1. The normalized spacial score (nSPS) is 12.2. The number of aryl methyl sites for hydroxylation is 1. The quantitative estimate of drug-likeness (QED) is 0.771. The second kappa shape index (κ2) is 5.79. The lowest BCUT2D eigenvalue weighted by Gasteiger charge is -2.12. The predicted octanol–water partition coefficient (Wildman–Crippen LogP) is 2.03. The SMILES string of the molecule is CNc1nc(C)cc(NCC(O)c2ccsc2)n1. The number of nitrogens with zero attached hydrogens (tertiary/aromatic N) is 2. The maximum Gasteiger partial charge on any atom is 0.224 e. The first kappa shape index (κ1) is 12.8. The molecule has 2 heterocycles. The van der Waals surface area contributed by atoms with Crippen LogP contribution in [0.15, 0.2) is 22.9 Å². The molecule has 0 aromatic carbocycles. The standard InChI is InChI=1S/C12H16N4OS/c1-8-5-11(16-12(13-2)15-8)14-6-10(17)9-3-4-18-7-9/h3-5,7,10,17H,6H2,1-2H3,(H2,13,14,15,16). The first-order valence-corrected chi connectivity index (χ1v) is 6.61. The average molecular weight is 264 g/mol. The largest absolute Gasteiger partial charge is 0.387 e. The van der Waals surface area contributed by atoms with Gasteiger partial charge in [0, 0.05) is 25.4 Å². The number of anilines is 2. The summed E-state index contributed by atoms with van der Waals surface area (Å²) in [5.74, 6) is 1.28. The van der Waals surface area contributed by atoms with Gasteiger partial charge in [-0.3, -0.25) is 0 Å². The van der Waals surface area contributed by atoms with Gasteiger partial charge in [-0.05, 0) is 29.3 Å². The van der Waals surface area contributed by atoms with Crippen LogP contribution in [-0.2, 0) is 0 Å². The Balaban J connectivity index is 1.99. The summed E-state index contributed by atoms with van der Waals surface area (Å²) in [7, 11) is 1.78. The fraction of sp³-hybridized carbons (Fsp3) is 0.333. The third-order valence-corrected chi connectivity index (χ3v) is 3.18. The Morgan fingerprint density at radius 2 is 2.28 bits per heavy atom. The molecule has 2 aromatic rings. The molecule has 2 rings (SSSR count). The number of rotatable bonds is 5. The molecule has 96 valence electrons. The van der Waals surface area contributed by atoms with Crippen LogP contribution in [0.5, 0.6) is 0 Å². The van der Waals surface area contributed by atoms with E-state index in [9.17, 15) is 5.11 Å². The van der Waals surface area contributed by atoms with Gasteiger partial charge in [0.25, 0.3) is 0 Å². The molecule has 0 spiro atoms. The molecule has 0 bridgehead atoms. The lowest BCUT2D eigenvalue weighted by Crippen LogP contribution is -2.13. The van der Waals surface area contributed by atoms with E-state index >= 15 is 0 Å². The zero-order chi connectivity index (χ0) is 13.0. The Hall–Kier alpha value is -1.66. The highest BCUT2D eigenvalue weighted by molar-refractivity contribution is 7.07. The van der Waals surface area contributed by atoms with Gasteiger partial charge in [0.05, 0.1) is 6.10 Å². The maximum atomic E-state index is 9.95. The third kappa shape index (κ3) is 3.18. The van der Waals surface area contributed by atoms with Crippen LogP contribution < -0.4 is 10.6 Å². The average Bonchev–Trinajstić information content (AvgIpc) is 2.89. The number of thiophene rings is 1. The number of nitrogens with one attached hydrogen (secondary N) is 2. The van der Waals surface area contributed by atoms with Crippen LogP contribution in [0.2, 0.25) is 0 Å². The monoisotopic (exact) mass is 264 g/mol. The molecule has 0 radical (unpaired) electrons. The molecule has 1 atom stereocenters. The van der Waals surface area contributed by atoms with Crippen molar-refractivity contribution in [2.75, 3.05) is 24.2 Å². The van der Waals surface area contributed by atoms with E-state index in [2.05, 4.69) is 20.6 Å². The van der Waals surface area contributed by atoms with Crippen molar-refractivity contribution >= 4 is 23.1 Å². The lowest BCUT2D eigenvalue weighted by atomic mass is 10.2. The van der Waals surface area contributed by atoms with Gasteiger partial charge in [0.15, 0.2) is 0 Å². The van der Waals surface area contributed by atoms with Crippen LogP contribution in [0.1, 0.15) is 17.4 Å². The van der Waals surface area contributed by atoms with Crippen LogP contribution >= 0.6 is 11.3 Å². The highest BCUT2D eigenvalue weighted by Gasteiger charge is 2.08. The van der Waals surface area contributed by atoms with Gasteiger partial charge in [-0.1, -0.05) is 0 Å². The van der Waals surface area contributed by atoms with Crippen molar-refractivity contribution in [3.63, 3.8) is 0 Å². The van der Waals surface area contributed by atoms with Crippen LogP contribution in [0.25, 0.3) is 0 Å². The molecule has 3 N–H and O–H groups in total. The van der Waals surface area contributed by atoms with Gasteiger partial charge in [-0.2, -0.15) is 16.3 Å². The summed E-state index contributed by atoms with van der Waals surface area (Å²) in [6, 6.07) is 3.77. The molecule has 0 aliphatic heterocycles. The van der Waals surface area contributed by atoms with Gasteiger partial charge < -0.3 is 15.7 Å². The molecular formula is C12H16N4OS. The van der Waals surface area contributed by atoms with Gasteiger partial charge >= 0.3 is 0 Å². The molecule has 0 fully saturated rings. The van der Waals surface area contributed by atoms with Crippen LogP contribution in [0.3, 0.4) is 0 Å². The van der Waals surface area contributed by atoms with Gasteiger partial charge in [0.2, 0.25) is 5.95 Å². The van der Waals surface area contributed by atoms with Crippen molar-refractivity contribution in [3.8, 4) is 0 Å². The summed E-state index contributed by atoms with van der Waals surface area (Å²) < 4.78 is 0. The molecule has 0 amide bonds. The Labute approximate surface area is 110 Å². The Kier molecular flexibility index (Phi) is 4.11. The summed E-state index contributed by atoms with van der Waals surface area (Å²) in [5, 5.41) is 19.9. The topological polar surface area (TPSA) is 70.1 Å². The minimum atomic E-state index is -0.524. The van der Waals surface area contributed by atoms with Crippen LogP contribution in [-0.4, -0.2) is 28.7 Å². The summed E-state index contributed by atoms with van der Waals surface area (Å²) in [5.41, 5.74) is 1.80. The molecule has 6 heteroatoms. The number of hydrogen-bond donors (Lipinski definition) is 3. The van der Waals surface area contributed by atoms with E-state index < -0.39 is 6.10 Å². The van der Waals surface area contributed by atoms with Crippen molar-refractivity contribution < 1.29 is 5.11 Å². The van der Waals surface area contributed by atoms with E-state index in [-0.39, 0.29) is 0 Å². The highest BCUT2D eigenvalue weighted by Crippen LogP contribution is 2.17. The minimum Gasteiger partial charge on any atom is -0.387 e. The summed E-state index contributed by atoms with van der Waals surface area (Å²) in [6.07, 6.45) is -0.524. The molecule has 1 unspecified atom stereocenters. The van der Waals surface area contributed by atoms with E-state index in [1.54, 1.807) is 18.4 Å². The number of hydrogen-bond acceptors (Lipinski definition) is 6. The van der Waals surface area contributed by atoms with Crippen molar-refractivity contribution in [2.24, 2.45) is 0 Å². The second-order valence-corrected chi connectivity index (χ2v) is 4.70. The van der Waals surface area contributed by atoms with Crippen LogP contribution in [0, 0.1) is 6.92 Å². The minimum absolute atomic E-state index is 0.427. The Bertz CT molecular complexity index is 501. The zero-order valence-corrected chi connectivity index (χ0v) is 11.2. The van der Waals surface area contributed by atoms with Crippen molar-refractivity contribution in [3.05, 3.63) is 34.2 Å². The van der Waals surface area contributed by atoms with E-state index in [0.29, 0.717) is 18.3 Å². The van der Waals surface area contributed by atoms with Crippen molar-refractivity contribution in [2.45, 2.75) is 13.0 Å². The predicted molar refractivity (Wildman–Crippen MR) is 74.1 cm³/mol. The molecular weight excluding hydrogens is 248 g/mol. The summed E-state index contributed by atoms with van der Waals surface area (Å²) >= 11 is 1.57. The summed E-state index contributed by atoms with van der Waals surface area (Å²) in [4.78, 5) is 8.47. The molecule has 0 saturated heterocycles. The van der Waals surface area contributed by atoms with Gasteiger partial charge in [0.1, 0.15) is 5.82 Å². The van der Waals surface area contributed by atoms with Gasteiger partial charge in [-0.15, -0.1) is 0 Å².